The van der Waals surface area contributed by atoms with Crippen molar-refractivity contribution in [1.82, 2.24) is 10.6 Å². The molecule has 0 heterocycles. The minimum absolute atomic E-state index is 0.0642. The van der Waals surface area contributed by atoms with E-state index in [4.69, 9.17) is 0 Å². The zero-order chi connectivity index (χ0) is 15.7. The van der Waals surface area contributed by atoms with Crippen molar-refractivity contribution < 1.29 is 4.79 Å². The molecule has 0 saturated heterocycles. The minimum atomic E-state index is -0.0642. The summed E-state index contributed by atoms with van der Waals surface area (Å²) in [5.74, 6) is 0.115. The maximum absolute atomic E-state index is 11.9. The molecule has 2 unspecified atom stereocenters. The molecule has 3 nitrogen and oxygen atoms in total. The van der Waals surface area contributed by atoms with Crippen LogP contribution in [0.3, 0.4) is 0 Å². The molecule has 0 aliphatic carbocycles. The van der Waals surface area contributed by atoms with Gasteiger partial charge in [-0.3, -0.25) is 4.79 Å². The van der Waals surface area contributed by atoms with E-state index in [0.717, 1.165) is 30.8 Å². The van der Waals surface area contributed by atoms with E-state index in [0.29, 0.717) is 6.04 Å². The molecular weight excluding hydrogens is 280 g/mol. The second-order valence-electron chi connectivity index (χ2n) is 5.30. The van der Waals surface area contributed by atoms with Crippen LogP contribution >= 0.6 is 11.8 Å². The van der Waals surface area contributed by atoms with Crippen LogP contribution in [-0.2, 0) is 4.79 Å². The predicted octanol–water partition coefficient (Wildman–Crippen LogP) is 3.75. The molecule has 21 heavy (non-hydrogen) atoms. The molecule has 1 aromatic carbocycles. The quantitative estimate of drug-likeness (QED) is 0.683. The Bertz CT molecular complexity index is 437. The summed E-state index contributed by atoms with van der Waals surface area (Å²) in [5, 5.41) is 6.37. The molecule has 118 valence electrons. The first kappa shape index (κ1) is 18.1. The number of carbonyl (C=O) groups is 1. The summed E-state index contributed by atoms with van der Waals surface area (Å²) in [7, 11) is 0. The summed E-state index contributed by atoms with van der Waals surface area (Å²) < 4.78 is 0. The number of carbonyl (C=O) groups excluding carboxylic acids is 1. The van der Waals surface area contributed by atoms with Crippen molar-refractivity contribution in [1.29, 1.82) is 0 Å². The van der Waals surface area contributed by atoms with Crippen molar-refractivity contribution in [3.05, 3.63) is 29.8 Å². The van der Waals surface area contributed by atoms with E-state index in [9.17, 15) is 4.79 Å². The third-order valence-electron chi connectivity index (χ3n) is 3.29. The van der Waals surface area contributed by atoms with E-state index in [-0.39, 0.29) is 11.2 Å². The molecule has 4 heteroatoms. The van der Waals surface area contributed by atoms with Crippen molar-refractivity contribution in [2.24, 2.45) is 0 Å². The number of rotatable bonds is 9. The van der Waals surface area contributed by atoms with E-state index in [2.05, 4.69) is 55.7 Å². The Morgan fingerprint density at radius 2 is 1.90 bits per heavy atom. The maximum Gasteiger partial charge on any atom is 0.233 e. The van der Waals surface area contributed by atoms with Crippen LogP contribution in [0.25, 0.3) is 0 Å². The Kier molecular flexibility index (Phi) is 8.47. The van der Waals surface area contributed by atoms with Gasteiger partial charge in [-0.15, -0.1) is 11.8 Å². The van der Waals surface area contributed by atoms with Gasteiger partial charge >= 0.3 is 0 Å². The van der Waals surface area contributed by atoms with Gasteiger partial charge in [0.1, 0.15) is 0 Å². The van der Waals surface area contributed by atoms with Crippen molar-refractivity contribution in [2.75, 3.05) is 13.1 Å². The normalized spacial score (nSPS) is 13.7. The van der Waals surface area contributed by atoms with Crippen LogP contribution in [-0.4, -0.2) is 24.2 Å². The molecule has 1 rings (SSSR count). The van der Waals surface area contributed by atoms with Crippen LogP contribution in [0.2, 0.25) is 0 Å². The van der Waals surface area contributed by atoms with E-state index >= 15 is 0 Å². The number of hydrogen-bond donors (Lipinski definition) is 2. The summed E-state index contributed by atoms with van der Waals surface area (Å²) in [6.45, 7) is 10.1. The summed E-state index contributed by atoms with van der Waals surface area (Å²) in [5.41, 5.74) is 1.27. The molecule has 0 radical (unpaired) electrons. The SMILES string of the molecule is CCCNC(=O)C(C)Sc1cccc(C(C)NCCC)c1. The van der Waals surface area contributed by atoms with Gasteiger partial charge in [0.2, 0.25) is 5.91 Å². The van der Waals surface area contributed by atoms with Gasteiger partial charge in [-0.05, 0) is 50.9 Å². The summed E-state index contributed by atoms with van der Waals surface area (Å²) in [4.78, 5) is 13.1. The van der Waals surface area contributed by atoms with Crippen LogP contribution in [0.15, 0.2) is 29.2 Å². The van der Waals surface area contributed by atoms with Gasteiger partial charge in [0, 0.05) is 17.5 Å². The Morgan fingerprint density at radius 3 is 2.57 bits per heavy atom. The van der Waals surface area contributed by atoms with Crippen LogP contribution in [0.4, 0.5) is 0 Å². The van der Waals surface area contributed by atoms with Crippen LogP contribution in [0, 0.1) is 0 Å². The molecule has 0 saturated carbocycles. The molecule has 0 bridgehead atoms. The Hall–Kier alpha value is -1.00. The number of hydrogen-bond acceptors (Lipinski definition) is 3. The smallest absolute Gasteiger partial charge is 0.233 e. The van der Waals surface area contributed by atoms with Gasteiger partial charge in [0.25, 0.3) is 0 Å². The van der Waals surface area contributed by atoms with Crippen LogP contribution < -0.4 is 10.6 Å². The standard InChI is InChI=1S/C17H28N2OS/c1-5-10-18-13(3)15-8-7-9-16(12-15)21-14(4)17(20)19-11-6-2/h7-9,12-14,18H,5-6,10-11H2,1-4H3,(H,19,20). The van der Waals surface area contributed by atoms with Gasteiger partial charge in [0.05, 0.1) is 5.25 Å². The van der Waals surface area contributed by atoms with Crippen molar-refractivity contribution >= 4 is 17.7 Å². The highest BCUT2D eigenvalue weighted by atomic mass is 32.2. The summed E-state index contributed by atoms with van der Waals surface area (Å²) in [6, 6.07) is 8.80. The van der Waals surface area contributed by atoms with Crippen molar-refractivity contribution in [3.8, 4) is 0 Å². The molecule has 1 aromatic rings. The lowest BCUT2D eigenvalue weighted by Gasteiger charge is -2.16. The molecule has 2 N–H and O–H groups in total. The van der Waals surface area contributed by atoms with Crippen molar-refractivity contribution in [2.45, 2.75) is 56.7 Å². The zero-order valence-corrected chi connectivity index (χ0v) is 14.4. The molecule has 0 aromatic heterocycles. The molecule has 0 aliphatic heterocycles. The lowest BCUT2D eigenvalue weighted by Crippen LogP contribution is -2.31. The van der Waals surface area contributed by atoms with E-state index in [1.165, 1.54) is 5.56 Å². The highest BCUT2D eigenvalue weighted by Crippen LogP contribution is 2.26. The Morgan fingerprint density at radius 1 is 1.19 bits per heavy atom. The van der Waals surface area contributed by atoms with Gasteiger partial charge in [-0.2, -0.15) is 0 Å². The highest BCUT2D eigenvalue weighted by molar-refractivity contribution is 8.00. The minimum Gasteiger partial charge on any atom is -0.355 e. The first-order chi connectivity index (χ1) is 10.1. The third-order valence-corrected chi connectivity index (χ3v) is 4.38. The first-order valence-corrected chi connectivity index (χ1v) is 8.74. The highest BCUT2D eigenvalue weighted by Gasteiger charge is 2.14. The van der Waals surface area contributed by atoms with E-state index in [1.54, 1.807) is 11.8 Å². The number of benzene rings is 1. The molecule has 0 spiro atoms. The fraction of sp³-hybridized carbons (Fsp3) is 0.588. The lowest BCUT2D eigenvalue weighted by atomic mass is 10.1. The van der Waals surface area contributed by atoms with Crippen molar-refractivity contribution in [3.63, 3.8) is 0 Å². The number of nitrogens with one attached hydrogen (secondary N) is 2. The summed E-state index contributed by atoms with van der Waals surface area (Å²) >= 11 is 1.62. The molecule has 0 fully saturated rings. The molecule has 0 aliphatic rings. The van der Waals surface area contributed by atoms with Gasteiger partial charge < -0.3 is 10.6 Å². The fourth-order valence-corrected chi connectivity index (χ4v) is 2.95. The second-order valence-corrected chi connectivity index (χ2v) is 6.71. The Balaban J connectivity index is 2.61. The van der Waals surface area contributed by atoms with Crippen LogP contribution in [0.1, 0.15) is 52.1 Å². The Labute approximate surface area is 133 Å². The van der Waals surface area contributed by atoms with E-state index < -0.39 is 0 Å². The lowest BCUT2D eigenvalue weighted by molar-refractivity contribution is -0.120. The van der Waals surface area contributed by atoms with Gasteiger partial charge in [0.15, 0.2) is 0 Å². The fourth-order valence-electron chi connectivity index (χ4n) is 1.99. The number of amides is 1. The summed E-state index contributed by atoms with van der Waals surface area (Å²) in [6.07, 6.45) is 2.10. The van der Waals surface area contributed by atoms with Gasteiger partial charge in [-0.1, -0.05) is 26.0 Å². The monoisotopic (exact) mass is 308 g/mol. The molecular formula is C17H28N2OS. The molecule has 1 amide bonds. The van der Waals surface area contributed by atoms with Gasteiger partial charge in [-0.25, -0.2) is 0 Å². The number of thioether (sulfide) groups is 1. The largest absolute Gasteiger partial charge is 0.355 e. The zero-order valence-electron chi connectivity index (χ0n) is 13.6. The molecule has 2 atom stereocenters. The second kappa shape index (κ2) is 9.85. The maximum atomic E-state index is 11.9. The first-order valence-electron chi connectivity index (χ1n) is 7.86. The van der Waals surface area contributed by atoms with E-state index in [1.807, 2.05) is 6.92 Å². The average molecular weight is 308 g/mol. The van der Waals surface area contributed by atoms with Crippen LogP contribution in [0.5, 0.6) is 0 Å². The third kappa shape index (κ3) is 6.53. The average Bonchev–Trinajstić information content (AvgIpc) is 2.50. The topological polar surface area (TPSA) is 41.1 Å². The predicted molar refractivity (Wildman–Crippen MR) is 91.8 cm³/mol.